The Labute approximate surface area is 75.6 Å². The van der Waals surface area contributed by atoms with Crippen molar-refractivity contribution in [2.24, 2.45) is 5.11 Å². The second kappa shape index (κ2) is 4.11. The van der Waals surface area contributed by atoms with Gasteiger partial charge in [-0.2, -0.15) is 0 Å². The van der Waals surface area contributed by atoms with E-state index in [0.29, 0.717) is 32.4 Å². The number of carboxylic acids is 1. The molecule has 0 saturated heterocycles. The molecule has 0 heterocycles. The van der Waals surface area contributed by atoms with Gasteiger partial charge in [-0.15, -0.1) is 0 Å². The molecule has 0 aromatic heterocycles. The van der Waals surface area contributed by atoms with E-state index in [0.717, 1.165) is 0 Å². The topological polar surface area (TPSA) is 98.1 Å². The Morgan fingerprint density at radius 1 is 1.69 bits per heavy atom. The largest absolute Gasteiger partial charge is 0.480 e. The molecule has 0 bridgehead atoms. The van der Waals surface area contributed by atoms with Gasteiger partial charge in [0.1, 0.15) is 5.54 Å². The second-order valence-electron chi connectivity index (χ2n) is 3.12. The normalized spacial score (nSPS) is 17.5. The molecule has 1 saturated carbocycles. The summed E-state index contributed by atoms with van der Waals surface area (Å²) in [5.41, 5.74) is 7.30. The predicted octanol–water partition coefficient (Wildman–Crippen LogP) is 0.894. The summed E-state index contributed by atoms with van der Waals surface area (Å²) < 4.78 is 0. The minimum Gasteiger partial charge on any atom is -0.480 e. The highest BCUT2D eigenvalue weighted by atomic mass is 16.4. The van der Waals surface area contributed by atoms with Gasteiger partial charge in [-0.05, 0) is 31.3 Å². The molecule has 6 nitrogen and oxygen atoms in total. The van der Waals surface area contributed by atoms with Gasteiger partial charge < -0.3 is 10.4 Å². The van der Waals surface area contributed by atoms with Crippen LogP contribution in [0.1, 0.15) is 19.3 Å². The van der Waals surface area contributed by atoms with Crippen LogP contribution in [0.15, 0.2) is 5.11 Å². The number of hydrogen-bond acceptors (Lipinski definition) is 3. The van der Waals surface area contributed by atoms with E-state index >= 15 is 0 Å². The number of rotatable bonds is 6. The van der Waals surface area contributed by atoms with Crippen LogP contribution in [0, 0.1) is 0 Å². The van der Waals surface area contributed by atoms with Crippen LogP contribution in [0.3, 0.4) is 0 Å². The first kappa shape index (κ1) is 9.83. The lowest BCUT2D eigenvalue weighted by Crippen LogP contribution is -2.39. The van der Waals surface area contributed by atoms with Crippen molar-refractivity contribution in [1.29, 1.82) is 0 Å². The standard InChI is InChI=1S/C7H12N4O2/c8-11-10-5-1-4-9-7(2-3-7)6(12)13/h9H,1-5H2,(H,12,13). The smallest absolute Gasteiger partial charge is 0.323 e. The van der Waals surface area contributed by atoms with Crippen LogP contribution in [0.2, 0.25) is 0 Å². The molecule has 0 amide bonds. The highest BCUT2D eigenvalue weighted by Gasteiger charge is 2.49. The maximum atomic E-state index is 10.7. The van der Waals surface area contributed by atoms with E-state index in [1.165, 1.54) is 0 Å². The molecule has 0 radical (unpaired) electrons. The van der Waals surface area contributed by atoms with E-state index in [1.54, 1.807) is 0 Å². The predicted molar refractivity (Wildman–Crippen MR) is 46.2 cm³/mol. The minimum atomic E-state index is -0.781. The number of nitrogens with one attached hydrogen (secondary N) is 1. The summed E-state index contributed by atoms with van der Waals surface area (Å²) in [4.78, 5) is 13.3. The van der Waals surface area contributed by atoms with Crippen molar-refractivity contribution in [3.63, 3.8) is 0 Å². The summed E-state index contributed by atoms with van der Waals surface area (Å²) >= 11 is 0. The fourth-order valence-corrected chi connectivity index (χ4v) is 1.11. The minimum absolute atomic E-state index is 0.416. The van der Waals surface area contributed by atoms with Crippen LogP contribution in [-0.4, -0.2) is 29.7 Å². The highest BCUT2D eigenvalue weighted by molar-refractivity contribution is 5.82. The third-order valence-corrected chi connectivity index (χ3v) is 2.12. The van der Waals surface area contributed by atoms with E-state index in [2.05, 4.69) is 15.3 Å². The summed E-state index contributed by atoms with van der Waals surface area (Å²) in [6, 6.07) is 0. The quantitative estimate of drug-likeness (QED) is 0.277. The van der Waals surface area contributed by atoms with Crippen molar-refractivity contribution in [2.75, 3.05) is 13.1 Å². The number of azide groups is 1. The number of carboxylic acid groups (broad SMARTS) is 1. The van der Waals surface area contributed by atoms with Gasteiger partial charge in [-0.25, -0.2) is 0 Å². The van der Waals surface area contributed by atoms with Gasteiger partial charge in [0.25, 0.3) is 0 Å². The zero-order chi connectivity index (χ0) is 9.73. The van der Waals surface area contributed by atoms with Crippen LogP contribution in [0.4, 0.5) is 0 Å². The SMILES string of the molecule is [N-]=[N+]=NCCCNC1(C(=O)O)CC1. The third kappa shape index (κ3) is 2.61. The molecule has 6 heteroatoms. The van der Waals surface area contributed by atoms with Crippen LogP contribution >= 0.6 is 0 Å². The van der Waals surface area contributed by atoms with Crippen molar-refractivity contribution < 1.29 is 9.90 Å². The van der Waals surface area contributed by atoms with E-state index in [-0.39, 0.29) is 0 Å². The molecule has 13 heavy (non-hydrogen) atoms. The van der Waals surface area contributed by atoms with Gasteiger partial charge in [0.15, 0.2) is 0 Å². The van der Waals surface area contributed by atoms with Gasteiger partial charge in [0.05, 0.1) is 0 Å². The molecular weight excluding hydrogens is 172 g/mol. The van der Waals surface area contributed by atoms with Crippen molar-refractivity contribution >= 4 is 5.97 Å². The molecule has 1 rings (SSSR count). The summed E-state index contributed by atoms with van der Waals surface area (Å²) in [6.07, 6.45) is 2.08. The zero-order valence-corrected chi connectivity index (χ0v) is 7.23. The molecule has 1 aliphatic rings. The van der Waals surface area contributed by atoms with Crippen molar-refractivity contribution in [3.8, 4) is 0 Å². The first-order valence-electron chi connectivity index (χ1n) is 4.20. The van der Waals surface area contributed by atoms with Gasteiger partial charge in [0.2, 0.25) is 0 Å². The van der Waals surface area contributed by atoms with Crippen LogP contribution in [0.5, 0.6) is 0 Å². The van der Waals surface area contributed by atoms with E-state index < -0.39 is 11.5 Å². The highest BCUT2D eigenvalue weighted by Crippen LogP contribution is 2.35. The molecule has 0 aromatic rings. The average Bonchev–Trinajstić information content (AvgIpc) is 2.85. The Hall–Kier alpha value is -1.26. The van der Waals surface area contributed by atoms with Gasteiger partial charge in [-0.3, -0.25) is 4.79 Å². The van der Waals surface area contributed by atoms with Crippen molar-refractivity contribution in [1.82, 2.24) is 5.32 Å². The molecular formula is C7H12N4O2. The number of hydrogen-bond donors (Lipinski definition) is 2. The molecule has 1 fully saturated rings. The molecule has 0 aliphatic heterocycles. The van der Waals surface area contributed by atoms with Gasteiger partial charge in [0, 0.05) is 11.5 Å². The summed E-state index contributed by atoms with van der Waals surface area (Å²) in [5, 5.41) is 15.1. The third-order valence-electron chi connectivity index (χ3n) is 2.12. The molecule has 0 aromatic carbocycles. The number of carbonyl (C=O) groups is 1. The van der Waals surface area contributed by atoms with Crippen LogP contribution in [0.25, 0.3) is 10.4 Å². The van der Waals surface area contributed by atoms with Crippen molar-refractivity contribution in [3.05, 3.63) is 10.4 Å². The summed E-state index contributed by atoms with van der Waals surface area (Å²) in [5.74, 6) is -0.781. The average molecular weight is 184 g/mol. The Morgan fingerprint density at radius 3 is 2.85 bits per heavy atom. The maximum absolute atomic E-state index is 10.7. The first-order chi connectivity index (χ1) is 6.21. The Balaban J connectivity index is 2.12. The van der Waals surface area contributed by atoms with Crippen LogP contribution < -0.4 is 5.32 Å². The fraction of sp³-hybridized carbons (Fsp3) is 0.857. The van der Waals surface area contributed by atoms with Crippen LogP contribution in [-0.2, 0) is 4.79 Å². The first-order valence-corrected chi connectivity index (χ1v) is 4.20. The molecule has 0 unspecified atom stereocenters. The summed E-state index contributed by atoms with van der Waals surface area (Å²) in [7, 11) is 0. The number of aliphatic carboxylic acids is 1. The summed E-state index contributed by atoms with van der Waals surface area (Å²) in [6.45, 7) is 1.00. The lowest BCUT2D eigenvalue weighted by molar-refractivity contribution is -0.140. The Bertz CT molecular complexity index is 243. The maximum Gasteiger partial charge on any atom is 0.323 e. The molecule has 72 valence electrons. The molecule has 0 atom stereocenters. The second-order valence-corrected chi connectivity index (χ2v) is 3.12. The van der Waals surface area contributed by atoms with Gasteiger partial charge in [-0.1, -0.05) is 5.11 Å². The van der Waals surface area contributed by atoms with Crippen molar-refractivity contribution in [2.45, 2.75) is 24.8 Å². The van der Waals surface area contributed by atoms with E-state index in [1.807, 2.05) is 0 Å². The van der Waals surface area contributed by atoms with E-state index in [4.69, 9.17) is 10.6 Å². The monoisotopic (exact) mass is 184 g/mol. The Morgan fingerprint density at radius 2 is 2.38 bits per heavy atom. The zero-order valence-electron chi connectivity index (χ0n) is 7.23. The molecule has 0 spiro atoms. The fourth-order valence-electron chi connectivity index (χ4n) is 1.11. The lowest BCUT2D eigenvalue weighted by atomic mass is 10.2. The molecule has 2 N–H and O–H groups in total. The van der Waals surface area contributed by atoms with Gasteiger partial charge >= 0.3 is 5.97 Å². The molecule has 1 aliphatic carbocycles. The Kier molecular flexibility index (Phi) is 3.11. The lowest BCUT2D eigenvalue weighted by Gasteiger charge is -2.10. The van der Waals surface area contributed by atoms with E-state index in [9.17, 15) is 4.79 Å². The number of nitrogens with zero attached hydrogens (tertiary/aromatic N) is 3.